The molecule has 0 bridgehead atoms. The van der Waals surface area contributed by atoms with Crippen molar-refractivity contribution in [2.75, 3.05) is 11.9 Å². The minimum atomic E-state index is -0.500. The van der Waals surface area contributed by atoms with Gasteiger partial charge in [-0.15, -0.1) is 0 Å². The van der Waals surface area contributed by atoms with Crippen LogP contribution in [0.15, 0.2) is 90.1 Å². The fraction of sp³-hybridized carbons (Fsp3) is 0.185. The molecule has 2 aromatic heterocycles. The number of carbonyl (C=O) groups excluding carboxylic acids is 1. The third-order valence-electron chi connectivity index (χ3n) is 5.10. The number of hydrogen-bond acceptors (Lipinski definition) is 5. The van der Waals surface area contributed by atoms with Crippen LogP contribution < -0.4 is 10.7 Å². The van der Waals surface area contributed by atoms with Gasteiger partial charge in [-0.3, -0.25) is 15.1 Å². The summed E-state index contributed by atoms with van der Waals surface area (Å²) in [4.78, 5) is 28.6. The maximum Gasteiger partial charge on any atom is 0.411 e. The average molecular weight is 455 g/mol. The van der Waals surface area contributed by atoms with Gasteiger partial charge in [-0.25, -0.2) is 9.48 Å². The lowest BCUT2D eigenvalue weighted by Crippen LogP contribution is -2.17. The smallest absolute Gasteiger partial charge is 0.411 e. The number of rotatable bonds is 7. The molecule has 0 saturated carbocycles. The first-order chi connectivity index (χ1) is 16.5. The zero-order chi connectivity index (χ0) is 23.9. The average Bonchev–Trinajstić information content (AvgIpc) is 2.85. The minimum Gasteiger partial charge on any atom is -0.449 e. The molecule has 4 rings (SSSR count). The van der Waals surface area contributed by atoms with E-state index in [9.17, 15) is 9.59 Å². The van der Waals surface area contributed by atoms with Crippen molar-refractivity contribution in [3.63, 3.8) is 0 Å². The zero-order valence-electron chi connectivity index (χ0n) is 19.1. The monoisotopic (exact) mass is 454 g/mol. The van der Waals surface area contributed by atoms with Crippen molar-refractivity contribution < 1.29 is 9.53 Å². The molecular formula is C27H26N4O3. The maximum atomic E-state index is 12.5. The molecule has 172 valence electrons. The van der Waals surface area contributed by atoms with Crippen LogP contribution in [-0.4, -0.2) is 27.5 Å². The summed E-state index contributed by atoms with van der Waals surface area (Å²) in [5.74, 6) is 0.258. The Labute approximate surface area is 198 Å². The molecule has 0 spiro atoms. The Morgan fingerprint density at radius 3 is 2.59 bits per heavy atom. The molecular weight excluding hydrogens is 428 g/mol. The summed E-state index contributed by atoms with van der Waals surface area (Å²) < 4.78 is 6.87. The Morgan fingerprint density at radius 1 is 1.00 bits per heavy atom. The third kappa shape index (κ3) is 5.95. The molecule has 2 heterocycles. The van der Waals surface area contributed by atoms with Crippen LogP contribution in [-0.2, 0) is 11.2 Å². The molecule has 4 aromatic rings. The summed E-state index contributed by atoms with van der Waals surface area (Å²) in [6.45, 7) is 4.30. The van der Waals surface area contributed by atoms with Crippen molar-refractivity contribution in [2.24, 2.45) is 5.92 Å². The van der Waals surface area contributed by atoms with Crippen LogP contribution in [0.4, 0.5) is 10.5 Å². The second-order valence-corrected chi connectivity index (χ2v) is 8.35. The van der Waals surface area contributed by atoms with E-state index in [1.165, 1.54) is 6.07 Å². The minimum absolute atomic E-state index is 0.142. The van der Waals surface area contributed by atoms with Gasteiger partial charge in [0.1, 0.15) is 5.69 Å². The highest BCUT2D eigenvalue weighted by Gasteiger charge is 2.09. The van der Waals surface area contributed by atoms with Gasteiger partial charge >= 0.3 is 6.09 Å². The lowest BCUT2D eigenvalue weighted by molar-refractivity contribution is 0.147. The van der Waals surface area contributed by atoms with Gasteiger partial charge in [-0.05, 0) is 59.0 Å². The number of anilines is 1. The van der Waals surface area contributed by atoms with Gasteiger partial charge in [-0.1, -0.05) is 38.1 Å². The number of nitrogens with one attached hydrogen (secondary N) is 1. The van der Waals surface area contributed by atoms with Crippen molar-refractivity contribution >= 4 is 11.8 Å². The summed E-state index contributed by atoms with van der Waals surface area (Å²) >= 11 is 0. The van der Waals surface area contributed by atoms with Crippen LogP contribution in [0.3, 0.4) is 0 Å². The van der Waals surface area contributed by atoms with E-state index in [4.69, 9.17) is 4.74 Å². The van der Waals surface area contributed by atoms with E-state index < -0.39 is 6.09 Å². The Bertz CT molecular complexity index is 1330. The van der Waals surface area contributed by atoms with E-state index >= 15 is 0 Å². The van der Waals surface area contributed by atoms with Crippen molar-refractivity contribution in [3.8, 4) is 16.8 Å². The molecule has 0 radical (unpaired) electrons. The van der Waals surface area contributed by atoms with E-state index in [1.54, 1.807) is 29.3 Å². The molecule has 2 aromatic carbocycles. The first kappa shape index (κ1) is 22.9. The summed E-state index contributed by atoms with van der Waals surface area (Å²) in [6, 6.07) is 20.7. The highest BCUT2D eigenvalue weighted by atomic mass is 16.5. The molecule has 7 heteroatoms. The molecule has 1 amide bonds. The van der Waals surface area contributed by atoms with Crippen LogP contribution in [0.1, 0.15) is 25.1 Å². The number of pyridine rings is 1. The number of carbonyl (C=O) groups is 1. The highest BCUT2D eigenvalue weighted by molar-refractivity contribution is 5.84. The van der Waals surface area contributed by atoms with Crippen molar-refractivity contribution in [2.45, 2.75) is 20.3 Å². The van der Waals surface area contributed by atoms with Crippen molar-refractivity contribution in [1.29, 1.82) is 0 Å². The number of amides is 1. The molecule has 7 nitrogen and oxygen atoms in total. The molecule has 0 fully saturated rings. The predicted octanol–water partition coefficient (Wildman–Crippen LogP) is 5.09. The first-order valence-corrected chi connectivity index (χ1v) is 11.1. The molecule has 0 saturated heterocycles. The fourth-order valence-corrected chi connectivity index (χ4v) is 3.43. The number of nitrogens with zero attached hydrogens (tertiary/aromatic N) is 3. The number of hydrogen-bond donors (Lipinski definition) is 1. The Hall–Kier alpha value is -4.26. The third-order valence-corrected chi connectivity index (χ3v) is 5.10. The number of ether oxygens (including phenoxy) is 1. The summed E-state index contributed by atoms with van der Waals surface area (Å²) in [6.07, 6.45) is 5.01. The lowest BCUT2D eigenvalue weighted by atomic mass is 10.1. The van der Waals surface area contributed by atoms with Crippen molar-refractivity contribution in [3.05, 3.63) is 107 Å². The Kier molecular flexibility index (Phi) is 7.13. The number of aromatic nitrogens is 3. The first-order valence-electron chi connectivity index (χ1n) is 11.1. The lowest BCUT2D eigenvalue weighted by Gasteiger charge is -2.11. The topological polar surface area (TPSA) is 86.1 Å². The van der Waals surface area contributed by atoms with Gasteiger partial charge in [0.25, 0.3) is 0 Å². The normalized spacial score (nSPS) is 10.8. The Balaban J connectivity index is 1.54. The summed E-state index contributed by atoms with van der Waals surface area (Å²) in [7, 11) is 0. The molecule has 0 unspecified atom stereocenters. The predicted molar refractivity (Wildman–Crippen MR) is 132 cm³/mol. The van der Waals surface area contributed by atoms with Gasteiger partial charge in [-0.2, -0.15) is 5.10 Å². The molecule has 34 heavy (non-hydrogen) atoms. The van der Waals surface area contributed by atoms with Crippen molar-refractivity contribution in [1.82, 2.24) is 14.8 Å². The standard InChI is InChI=1S/C27H26N4O3/c1-19(2)18-34-27(33)29-23-7-3-5-20(15-23)16-25-26(32)11-14-31(30-25)24-8-4-6-22(17-24)21-9-12-28-13-10-21/h3-15,17,19H,16,18H2,1-2H3,(H,29,33). The SMILES string of the molecule is CC(C)COC(=O)Nc1cccc(Cc2nn(-c3cccc(-c4ccncc4)c3)ccc2=O)c1. The van der Waals surface area contributed by atoms with E-state index in [2.05, 4.69) is 15.4 Å². The van der Waals surface area contributed by atoms with Gasteiger partial charge in [0.2, 0.25) is 5.43 Å². The van der Waals surface area contributed by atoms with Gasteiger partial charge in [0, 0.05) is 36.8 Å². The largest absolute Gasteiger partial charge is 0.449 e. The van der Waals surface area contributed by atoms with Gasteiger partial charge in [0.15, 0.2) is 0 Å². The van der Waals surface area contributed by atoms with E-state index in [0.717, 1.165) is 22.4 Å². The Morgan fingerprint density at radius 2 is 1.79 bits per heavy atom. The van der Waals surface area contributed by atoms with Gasteiger partial charge < -0.3 is 4.74 Å². The summed E-state index contributed by atoms with van der Waals surface area (Å²) in [5.41, 5.74) is 4.66. The fourth-order valence-electron chi connectivity index (χ4n) is 3.43. The number of benzene rings is 2. The molecule has 1 N–H and O–H groups in total. The molecule has 0 aliphatic heterocycles. The van der Waals surface area contributed by atoms with Crippen LogP contribution in [0.25, 0.3) is 16.8 Å². The maximum absolute atomic E-state index is 12.5. The van der Waals surface area contributed by atoms with Crippen LogP contribution in [0.2, 0.25) is 0 Å². The molecule has 0 aliphatic rings. The van der Waals surface area contributed by atoms with E-state index in [1.807, 2.05) is 68.4 Å². The van der Waals surface area contributed by atoms with Crippen LogP contribution >= 0.6 is 0 Å². The van der Waals surface area contributed by atoms with E-state index in [0.29, 0.717) is 24.4 Å². The second-order valence-electron chi connectivity index (χ2n) is 8.35. The quantitative estimate of drug-likeness (QED) is 0.420. The summed E-state index contributed by atoms with van der Waals surface area (Å²) in [5, 5.41) is 7.32. The van der Waals surface area contributed by atoms with Crippen LogP contribution in [0, 0.1) is 5.92 Å². The van der Waals surface area contributed by atoms with Gasteiger partial charge in [0.05, 0.1) is 12.3 Å². The zero-order valence-corrected chi connectivity index (χ0v) is 19.1. The molecule has 0 atom stereocenters. The van der Waals surface area contributed by atoms with E-state index in [-0.39, 0.29) is 11.3 Å². The molecule has 0 aliphatic carbocycles. The highest BCUT2D eigenvalue weighted by Crippen LogP contribution is 2.21. The van der Waals surface area contributed by atoms with Crippen LogP contribution in [0.5, 0.6) is 0 Å². The second kappa shape index (κ2) is 10.6.